The van der Waals surface area contributed by atoms with Gasteiger partial charge in [-0.3, -0.25) is 0 Å². The minimum Gasteiger partial charge on any atom is -0.384 e. The summed E-state index contributed by atoms with van der Waals surface area (Å²) in [7, 11) is 3.70. The predicted molar refractivity (Wildman–Crippen MR) is 99.8 cm³/mol. The summed E-state index contributed by atoms with van der Waals surface area (Å²) in [5.41, 5.74) is 1.01. The Morgan fingerprint density at radius 1 is 0.696 bits per heavy atom. The number of methoxy groups -OCH3 is 2. The van der Waals surface area contributed by atoms with Crippen molar-refractivity contribution < 1.29 is 9.47 Å². The molecule has 0 aromatic rings. The molecule has 0 amide bonds. The topological polar surface area (TPSA) is 18.5 Å². The Kier molecular flexibility index (Phi) is 7.60. The maximum absolute atomic E-state index is 5.69. The van der Waals surface area contributed by atoms with Crippen LogP contribution in [0.25, 0.3) is 0 Å². The second-order valence-corrected chi connectivity index (χ2v) is 10.2. The Bertz CT molecular complexity index is 321. The molecule has 0 heterocycles. The first-order valence-electron chi connectivity index (χ1n) is 9.52. The van der Waals surface area contributed by atoms with Crippen LogP contribution < -0.4 is 0 Å². The van der Waals surface area contributed by atoms with Gasteiger partial charge >= 0.3 is 0 Å². The minimum atomic E-state index is 0.194. The van der Waals surface area contributed by atoms with Gasteiger partial charge in [0.25, 0.3) is 0 Å². The highest BCUT2D eigenvalue weighted by Gasteiger charge is 2.42. The molecule has 2 heteroatoms. The lowest BCUT2D eigenvalue weighted by molar-refractivity contribution is -0.0598. The van der Waals surface area contributed by atoms with Gasteiger partial charge in [-0.2, -0.15) is 0 Å². The van der Waals surface area contributed by atoms with E-state index >= 15 is 0 Å². The van der Waals surface area contributed by atoms with E-state index < -0.39 is 0 Å². The van der Waals surface area contributed by atoms with Gasteiger partial charge in [0.15, 0.2) is 0 Å². The summed E-state index contributed by atoms with van der Waals surface area (Å²) in [4.78, 5) is 0. The Hall–Kier alpha value is -0.0800. The number of rotatable bonds is 7. The Balaban J connectivity index is 2.83. The van der Waals surface area contributed by atoms with Crippen LogP contribution in [0.4, 0.5) is 0 Å². The smallest absolute Gasteiger partial charge is 0.0543 e. The van der Waals surface area contributed by atoms with E-state index in [2.05, 4.69) is 41.5 Å². The number of hydrogen-bond acceptors (Lipinski definition) is 2. The molecule has 1 rings (SSSR count). The average Bonchev–Trinajstić information content (AvgIpc) is 2.44. The van der Waals surface area contributed by atoms with Gasteiger partial charge in [-0.05, 0) is 61.2 Å². The van der Waals surface area contributed by atoms with Gasteiger partial charge in [-0.1, -0.05) is 41.5 Å². The fourth-order valence-electron chi connectivity index (χ4n) is 4.40. The molecule has 0 unspecified atom stereocenters. The quantitative estimate of drug-likeness (QED) is 0.576. The fraction of sp³-hybridized carbons (Fsp3) is 1.00. The summed E-state index contributed by atoms with van der Waals surface area (Å²) in [6.07, 6.45) is 7.83. The van der Waals surface area contributed by atoms with Crippen LogP contribution in [0.15, 0.2) is 0 Å². The third kappa shape index (κ3) is 6.38. The number of ether oxygens (including phenoxy) is 2. The van der Waals surface area contributed by atoms with Crippen molar-refractivity contribution >= 4 is 0 Å². The SMILES string of the molecule is COCC(CCC(C)(C)C)(COC)C1CCC(C(C)(C)C)CC1. The van der Waals surface area contributed by atoms with Crippen molar-refractivity contribution in [1.29, 1.82) is 0 Å². The summed E-state index contributed by atoms with van der Waals surface area (Å²) in [6, 6.07) is 0. The van der Waals surface area contributed by atoms with Crippen molar-refractivity contribution in [3.05, 3.63) is 0 Å². The third-order valence-electron chi connectivity index (χ3n) is 6.05. The number of hydrogen-bond donors (Lipinski definition) is 0. The maximum atomic E-state index is 5.69. The molecule has 0 atom stereocenters. The van der Waals surface area contributed by atoms with Crippen molar-refractivity contribution in [3.63, 3.8) is 0 Å². The molecule has 0 N–H and O–H groups in total. The van der Waals surface area contributed by atoms with Crippen LogP contribution in [0.5, 0.6) is 0 Å². The predicted octanol–water partition coefficient (Wildman–Crippen LogP) is 5.94. The molecule has 0 aromatic heterocycles. The van der Waals surface area contributed by atoms with E-state index in [4.69, 9.17) is 9.47 Å². The molecule has 0 spiro atoms. The van der Waals surface area contributed by atoms with Gasteiger partial charge in [-0.15, -0.1) is 0 Å². The molecule has 1 aliphatic carbocycles. The van der Waals surface area contributed by atoms with Crippen molar-refractivity contribution in [2.24, 2.45) is 28.1 Å². The highest BCUT2D eigenvalue weighted by Crippen LogP contribution is 2.48. The Morgan fingerprint density at radius 3 is 1.48 bits per heavy atom. The molecule has 2 nitrogen and oxygen atoms in total. The fourth-order valence-corrected chi connectivity index (χ4v) is 4.40. The standard InChI is InChI=1S/C21H42O2/c1-19(2,3)13-14-21(15-22-7,16-23-8)18-11-9-17(10-12-18)20(4,5)6/h17-18H,9-16H2,1-8H3. The second kappa shape index (κ2) is 8.34. The van der Waals surface area contributed by atoms with Crippen LogP contribution in [0.1, 0.15) is 80.1 Å². The highest BCUT2D eigenvalue weighted by molar-refractivity contribution is 4.92. The Labute approximate surface area is 145 Å². The zero-order valence-corrected chi connectivity index (χ0v) is 17.1. The third-order valence-corrected chi connectivity index (χ3v) is 6.05. The van der Waals surface area contributed by atoms with E-state index in [1.807, 2.05) is 14.2 Å². The zero-order chi connectivity index (χ0) is 17.7. The van der Waals surface area contributed by atoms with Gasteiger partial charge in [-0.25, -0.2) is 0 Å². The van der Waals surface area contributed by atoms with Gasteiger partial charge in [0, 0.05) is 19.6 Å². The monoisotopic (exact) mass is 326 g/mol. The zero-order valence-electron chi connectivity index (χ0n) is 17.1. The molecule has 0 aromatic carbocycles. The van der Waals surface area contributed by atoms with E-state index in [1.165, 1.54) is 38.5 Å². The van der Waals surface area contributed by atoms with Gasteiger partial charge in [0.2, 0.25) is 0 Å². The van der Waals surface area contributed by atoms with Crippen LogP contribution in [-0.2, 0) is 9.47 Å². The summed E-state index contributed by atoms with van der Waals surface area (Å²) in [5, 5.41) is 0. The van der Waals surface area contributed by atoms with Crippen molar-refractivity contribution in [2.75, 3.05) is 27.4 Å². The molecular formula is C21H42O2. The molecule has 0 radical (unpaired) electrons. The average molecular weight is 327 g/mol. The summed E-state index contributed by atoms with van der Waals surface area (Å²) < 4.78 is 11.4. The van der Waals surface area contributed by atoms with Gasteiger partial charge in [0.1, 0.15) is 0 Å². The molecule has 1 aliphatic rings. The lowest BCUT2D eigenvalue weighted by Gasteiger charge is -2.46. The van der Waals surface area contributed by atoms with E-state index in [1.54, 1.807) is 0 Å². The van der Waals surface area contributed by atoms with E-state index in [0.717, 1.165) is 25.0 Å². The molecule has 0 aliphatic heterocycles. The normalized spacial score (nSPS) is 24.0. The second-order valence-electron chi connectivity index (χ2n) is 10.2. The first-order valence-corrected chi connectivity index (χ1v) is 9.52. The molecular weight excluding hydrogens is 284 g/mol. The van der Waals surface area contributed by atoms with Crippen LogP contribution in [0.3, 0.4) is 0 Å². The maximum Gasteiger partial charge on any atom is 0.0543 e. The molecule has 0 saturated heterocycles. The molecule has 138 valence electrons. The lowest BCUT2D eigenvalue weighted by Crippen LogP contribution is -2.42. The first-order chi connectivity index (χ1) is 10.5. The van der Waals surface area contributed by atoms with Crippen molar-refractivity contribution in [3.8, 4) is 0 Å². The summed E-state index contributed by atoms with van der Waals surface area (Å²) in [6.45, 7) is 15.9. The van der Waals surface area contributed by atoms with Crippen LogP contribution in [0.2, 0.25) is 0 Å². The largest absolute Gasteiger partial charge is 0.384 e. The molecule has 1 fully saturated rings. The van der Waals surface area contributed by atoms with Crippen molar-refractivity contribution in [1.82, 2.24) is 0 Å². The molecule has 0 bridgehead atoms. The summed E-state index contributed by atoms with van der Waals surface area (Å²) >= 11 is 0. The van der Waals surface area contributed by atoms with Crippen LogP contribution in [-0.4, -0.2) is 27.4 Å². The lowest BCUT2D eigenvalue weighted by atomic mass is 9.61. The van der Waals surface area contributed by atoms with E-state index in [-0.39, 0.29) is 5.41 Å². The minimum absolute atomic E-state index is 0.194. The van der Waals surface area contributed by atoms with Gasteiger partial charge in [0.05, 0.1) is 13.2 Å². The Morgan fingerprint density at radius 2 is 1.13 bits per heavy atom. The molecule has 23 heavy (non-hydrogen) atoms. The van der Waals surface area contributed by atoms with E-state index in [0.29, 0.717) is 10.8 Å². The van der Waals surface area contributed by atoms with Crippen molar-refractivity contribution in [2.45, 2.75) is 80.1 Å². The highest BCUT2D eigenvalue weighted by atomic mass is 16.5. The van der Waals surface area contributed by atoms with Gasteiger partial charge < -0.3 is 9.47 Å². The summed E-state index contributed by atoms with van der Waals surface area (Å²) in [5.74, 6) is 1.60. The first kappa shape index (κ1) is 21.0. The van der Waals surface area contributed by atoms with Crippen LogP contribution in [0, 0.1) is 28.1 Å². The molecule has 1 saturated carbocycles. The van der Waals surface area contributed by atoms with E-state index in [9.17, 15) is 0 Å². The van der Waals surface area contributed by atoms with Crippen LogP contribution >= 0.6 is 0 Å².